The summed E-state index contributed by atoms with van der Waals surface area (Å²) in [6.07, 6.45) is 0. The van der Waals surface area contributed by atoms with Gasteiger partial charge in [0.25, 0.3) is 11.8 Å². The first kappa shape index (κ1) is 26.9. The van der Waals surface area contributed by atoms with Gasteiger partial charge in [-0.15, -0.1) is 23.1 Å². The van der Waals surface area contributed by atoms with E-state index in [1.807, 2.05) is 0 Å². The van der Waals surface area contributed by atoms with Crippen LogP contribution < -0.4 is 11.1 Å². The van der Waals surface area contributed by atoms with Crippen LogP contribution in [-0.2, 0) is 38.3 Å². The molecule has 2 aliphatic rings. The molecule has 1 saturated heterocycles. The Morgan fingerprint density at radius 1 is 1.31 bits per heavy atom. The molecule has 0 radical (unpaired) electrons. The summed E-state index contributed by atoms with van der Waals surface area (Å²) in [5.74, 6) is -3.98. The number of rotatable bonds is 10. The Balaban J connectivity index is 1.79. The normalized spacial score (nSPS) is 19.2. The highest BCUT2D eigenvalue weighted by Crippen LogP contribution is 2.40. The lowest BCUT2D eigenvalue weighted by Gasteiger charge is -2.49. The number of esters is 2. The van der Waals surface area contributed by atoms with Crippen molar-refractivity contribution in [1.29, 1.82) is 0 Å². The maximum atomic E-state index is 13.1. The van der Waals surface area contributed by atoms with E-state index in [0.717, 1.165) is 16.2 Å². The van der Waals surface area contributed by atoms with Gasteiger partial charge < -0.3 is 30.5 Å². The third kappa shape index (κ3) is 5.76. The average molecular weight is 542 g/mol. The van der Waals surface area contributed by atoms with Gasteiger partial charge in [0.15, 0.2) is 10.8 Å². The zero-order valence-electron chi connectivity index (χ0n) is 19.4. The van der Waals surface area contributed by atoms with E-state index in [-0.39, 0.29) is 46.8 Å². The molecule has 0 unspecified atom stereocenters. The number of nitrogens with zero attached hydrogens (tertiary/aromatic N) is 3. The molecular weight excluding hydrogens is 518 g/mol. The average Bonchev–Trinajstić information content (AvgIpc) is 3.15. The molecule has 2 amide bonds. The van der Waals surface area contributed by atoms with Crippen molar-refractivity contribution in [2.24, 2.45) is 5.16 Å². The standard InChI is InChI=1S/C20H23N5O9S2/c1-4-32-11(27)6-34-24-13(12-8(2)36-20(21)23-12)16(28)22-14-17(29)25-15(19(30)31)10(5-33-9(3)26)7-35-18(14)25/h14,18H,4-7H2,1-3H3,(H2,21,23)(H,22,28)(H,30,31)/t14-,18-/m1/s1. The number of nitrogens with two attached hydrogens (primary N) is 1. The van der Waals surface area contributed by atoms with Gasteiger partial charge in [0, 0.05) is 23.1 Å². The topological polar surface area (TPSA) is 200 Å². The molecule has 0 saturated carbocycles. The molecule has 2 atom stereocenters. The fraction of sp³-hybridized carbons (Fsp3) is 0.450. The van der Waals surface area contributed by atoms with Crippen LogP contribution in [0.15, 0.2) is 16.4 Å². The van der Waals surface area contributed by atoms with Crippen LogP contribution in [-0.4, -0.2) is 87.4 Å². The van der Waals surface area contributed by atoms with E-state index in [1.54, 1.807) is 13.8 Å². The number of β-lactam (4-membered cyclic amide) rings is 1. The predicted octanol–water partition coefficient (Wildman–Crippen LogP) is -0.381. The number of carbonyl (C=O) groups excluding carboxylic acids is 4. The Hall–Kier alpha value is -3.66. The molecule has 2 aliphatic heterocycles. The van der Waals surface area contributed by atoms with Crippen molar-refractivity contribution in [1.82, 2.24) is 15.2 Å². The molecule has 14 nitrogen and oxygen atoms in total. The molecule has 3 heterocycles. The SMILES string of the molecule is CCOC(=O)CON=C(C(=O)N[C@@H]1C(=O)N2C(C(=O)O)=C(COC(C)=O)CS[C@H]12)c1nc(N)sc1C. The minimum absolute atomic E-state index is 0.105. The first-order chi connectivity index (χ1) is 17.0. The summed E-state index contributed by atoms with van der Waals surface area (Å²) in [5.41, 5.74) is 5.50. The van der Waals surface area contributed by atoms with Crippen molar-refractivity contribution in [2.45, 2.75) is 32.2 Å². The van der Waals surface area contributed by atoms with Gasteiger partial charge >= 0.3 is 17.9 Å². The Labute approximate surface area is 212 Å². The van der Waals surface area contributed by atoms with E-state index in [1.165, 1.54) is 18.7 Å². The second-order valence-corrected chi connectivity index (χ2v) is 9.71. The number of carbonyl (C=O) groups is 5. The van der Waals surface area contributed by atoms with Gasteiger partial charge in [-0.2, -0.15) is 0 Å². The lowest BCUT2D eigenvalue weighted by molar-refractivity contribution is -0.150. The Bertz CT molecular complexity index is 1160. The summed E-state index contributed by atoms with van der Waals surface area (Å²) >= 11 is 2.30. The van der Waals surface area contributed by atoms with E-state index < -0.39 is 47.7 Å². The van der Waals surface area contributed by atoms with E-state index in [9.17, 15) is 29.1 Å². The van der Waals surface area contributed by atoms with Crippen molar-refractivity contribution in [3.63, 3.8) is 0 Å². The number of amides is 2. The number of oxime groups is 1. The van der Waals surface area contributed by atoms with Crippen LogP contribution in [0.5, 0.6) is 0 Å². The number of nitrogens with one attached hydrogen (secondary N) is 1. The maximum Gasteiger partial charge on any atom is 0.352 e. The highest BCUT2D eigenvalue weighted by Gasteiger charge is 2.54. The number of fused-ring (bicyclic) bond motifs is 1. The zero-order chi connectivity index (χ0) is 26.6. The van der Waals surface area contributed by atoms with Crippen LogP contribution in [0.1, 0.15) is 24.4 Å². The Kier molecular flexibility index (Phi) is 8.52. The Morgan fingerprint density at radius 3 is 2.61 bits per heavy atom. The third-order valence-corrected chi connectivity index (χ3v) is 7.02. The molecule has 1 fully saturated rings. The quantitative estimate of drug-likeness (QED) is 0.150. The molecular formula is C20H23N5O9S2. The minimum Gasteiger partial charge on any atom is -0.477 e. The van der Waals surface area contributed by atoms with Crippen molar-refractivity contribution in [3.8, 4) is 0 Å². The van der Waals surface area contributed by atoms with Crippen LogP contribution >= 0.6 is 23.1 Å². The largest absolute Gasteiger partial charge is 0.477 e. The lowest BCUT2D eigenvalue weighted by Crippen LogP contribution is -2.71. The maximum absolute atomic E-state index is 13.1. The van der Waals surface area contributed by atoms with Gasteiger partial charge in [0.05, 0.1) is 6.61 Å². The summed E-state index contributed by atoms with van der Waals surface area (Å²) in [6, 6.07) is -1.07. The molecule has 194 valence electrons. The molecule has 4 N–H and O–H groups in total. The number of carboxylic acids is 1. The summed E-state index contributed by atoms with van der Waals surface area (Å²) in [7, 11) is 0. The van der Waals surface area contributed by atoms with E-state index in [0.29, 0.717) is 4.88 Å². The van der Waals surface area contributed by atoms with E-state index in [4.69, 9.17) is 20.0 Å². The van der Waals surface area contributed by atoms with Crippen LogP contribution in [0.2, 0.25) is 0 Å². The fourth-order valence-corrected chi connectivity index (χ4v) is 5.39. The summed E-state index contributed by atoms with van der Waals surface area (Å²) in [4.78, 5) is 71.1. The number of aromatic nitrogens is 1. The van der Waals surface area contributed by atoms with Gasteiger partial charge in [-0.25, -0.2) is 14.6 Å². The molecule has 1 aromatic rings. The predicted molar refractivity (Wildman–Crippen MR) is 127 cm³/mol. The Morgan fingerprint density at radius 2 is 2.03 bits per heavy atom. The number of thioether (sulfide) groups is 1. The monoisotopic (exact) mass is 541 g/mol. The number of hydrogen-bond donors (Lipinski definition) is 3. The van der Waals surface area contributed by atoms with Gasteiger partial charge in [-0.3, -0.25) is 19.3 Å². The zero-order valence-corrected chi connectivity index (χ0v) is 21.1. The summed E-state index contributed by atoms with van der Waals surface area (Å²) in [6.45, 7) is 3.77. The number of hydrogen-bond acceptors (Lipinski definition) is 13. The molecule has 16 heteroatoms. The number of thiazole rings is 1. The van der Waals surface area contributed by atoms with Gasteiger partial charge in [0.1, 0.15) is 29.4 Å². The molecule has 0 aromatic carbocycles. The van der Waals surface area contributed by atoms with Gasteiger partial charge in [-0.05, 0) is 13.8 Å². The van der Waals surface area contributed by atoms with Gasteiger partial charge in [-0.1, -0.05) is 5.16 Å². The molecule has 1 aromatic heterocycles. The van der Waals surface area contributed by atoms with E-state index >= 15 is 0 Å². The van der Waals surface area contributed by atoms with Crippen LogP contribution in [0.4, 0.5) is 5.13 Å². The van der Waals surface area contributed by atoms with Crippen molar-refractivity contribution >= 4 is 63.7 Å². The van der Waals surface area contributed by atoms with Gasteiger partial charge in [0.2, 0.25) is 6.61 Å². The molecule has 36 heavy (non-hydrogen) atoms. The fourth-order valence-electron chi connectivity index (χ4n) is 3.37. The number of carboxylic acid groups (broad SMARTS) is 1. The number of aryl methyl sites for hydroxylation is 1. The van der Waals surface area contributed by atoms with Crippen molar-refractivity contribution in [3.05, 3.63) is 21.8 Å². The second-order valence-electron chi connectivity index (χ2n) is 7.37. The van der Waals surface area contributed by atoms with E-state index in [2.05, 4.69) is 15.5 Å². The van der Waals surface area contributed by atoms with Crippen molar-refractivity contribution < 1.29 is 43.4 Å². The number of aliphatic carboxylic acids is 1. The molecule has 3 rings (SSSR count). The highest BCUT2D eigenvalue weighted by atomic mass is 32.2. The first-order valence-corrected chi connectivity index (χ1v) is 12.3. The number of ether oxygens (including phenoxy) is 2. The summed E-state index contributed by atoms with van der Waals surface area (Å²) in [5, 5.41) is 15.4. The van der Waals surface area contributed by atoms with Crippen LogP contribution in [0, 0.1) is 6.92 Å². The third-order valence-electron chi connectivity index (χ3n) is 4.88. The second kappa shape index (κ2) is 11.4. The number of anilines is 1. The lowest BCUT2D eigenvalue weighted by atomic mass is 10.0. The summed E-state index contributed by atoms with van der Waals surface area (Å²) < 4.78 is 9.65. The first-order valence-electron chi connectivity index (χ1n) is 10.5. The molecule has 0 aliphatic carbocycles. The minimum atomic E-state index is -1.36. The molecule has 0 bridgehead atoms. The van der Waals surface area contributed by atoms with Crippen molar-refractivity contribution in [2.75, 3.05) is 31.3 Å². The highest BCUT2D eigenvalue weighted by molar-refractivity contribution is 8.00. The molecule has 0 spiro atoms. The number of nitrogen functional groups attached to an aromatic ring is 1. The van der Waals surface area contributed by atoms with Crippen LogP contribution in [0.3, 0.4) is 0 Å². The van der Waals surface area contributed by atoms with Crippen LogP contribution in [0.25, 0.3) is 0 Å². The smallest absolute Gasteiger partial charge is 0.352 e.